The van der Waals surface area contributed by atoms with Gasteiger partial charge in [-0.2, -0.15) is 0 Å². The molecule has 0 saturated carbocycles. The molecule has 0 aliphatic heterocycles. The summed E-state index contributed by atoms with van der Waals surface area (Å²) >= 11 is 0. The van der Waals surface area contributed by atoms with Crippen molar-refractivity contribution < 1.29 is 5.11 Å². The lowest BCUT2D eigenvalue weighted by molar-refractivity contribution is 0.350. The van der Waals surface area contributed by atoms with Crippen LogP contribution in [0.15, 0.2) is 24.3 Å². The van der Waals surface area contributed by atoms with Crippen LogP contribution < -0.4 is 0 Å². The molecular formula is C11H8O. The number of rotatable bonds is 0. The first-order valence-electron chi connectivity index (χ1n) is 3.54. The van der Waals surface area contributed by atoms with Crippen LogP contribution in [0.2, 0.25) is 0 Å². The Morgan fingerprint density at radius 3 is 2.50 bits per heavy atom. The van der Waals surface area contributed by atoms with E-state index < -0.39 is 0 Å². The molecule has 0 spiro atoms. The van der Waals surface area contributed by atoms with Gasteiger partial charge in [-0.15, -0.1) is 6.42 Å². The van der Waals surface area contributed by atoms with Gasteiger partial charge in [-0.1, -0.05) is 29.9 Å². The van der Waals surface area contributed by atoms with E-state index in [-0.39, 0.29) is 6.61 Å². The molecule has 1 aromatic carbocycles. The van der Waals surface area contributed by atoms with Crippen molar-refractivity contribution in [2.24, 2.45) is 0 Å². The lowest BCUT2D eigenvalue weighted by atomic mass is 10.1. The van der Waals surface area contributed by atoms with E-state index in [0.29, 0.717) is 0 Å². The predicted octanol–water partition coefficient (Wildman–Crippen LogP) is 1.01. The van der Waals surface area contributed by atoms with Crippen molar-refractivity contribution in [3.63, 3.8) is 0 Å². The van der Waals surface area contributed by atoms with Crippen LogP contribution in [0.1, 0.15) is 11.1 Å². The van der Waals surface area contributed by atoms with Gasteiger partial charge in [-0.05, 0) is 12.1 Å². The molecular weight excluding hydrogens is 148 g/mol. The highest BCUT2D eigenvalue weighted by atomic mass is 16.2. The van der Waals surface area contributed by atoms with Gasteiger partial charge in [-0.25, -0.2) is 0 Å². The van der Waals surface area contributed by atoms with Crippen LogP contribution >= 0.6 is 0 Å². The zero-order valence-electron chi connectivity index (χ0n) is 6.54. The molecule has 12 heavy (non-hydrogen) atoms. The Balaban J connectivity index is 3.07. The minimum absolute atomic E-state index is 0.140. The summed E-state index contributed by atoms with van der Waals surface area (Å²) in [7, 11) is 0. The van der Waals surface area contributed by atoms with Gasteiger partial charge in [0, 0.05) is 11.1 Å². The second-order valence-electron chi connectivity index (χ2n) is 2.15. The van der Waals surface area contributed by atoms with Gasteiger partial charge in [0.25, 0.3) is 0 Å². The summed E-state index contributed by atoms with van der Waals surface area (Å²) in [6.07, 6.45) is 5.24. The molecule has 0 bridgehead atoms. The minimum Gasteiger partial charge on any atom is -0.384 e. The summed E-state index contributed by atoms with van der Waals surface area (Å²) in [5, 5.41) is 8.47. The predicted molar refractivity (Wildman–Crippen MR) is 48.3 cm³/mol. The molecule has 1 rings (SSSR count). The topological polar surface area (TPSA) is 20.2 Å². The van der Waals surface area contributed by atoms with Crippen LogP contribution in [0, 0.1) is 24.2 Å². The van der Waals surface area contributed by atoms with E-state index in [1.165, 1.54) is 0 Å². The van der Waals surface area contributed by atoms with E-state index in [0.717, 1.165) is 11.1 Å². The second-order valence-corrected chi connectivity index (χ2v) is 2.15. The third-order valence-electron chi connectivity index (χ3n) is 1.38. The summed E-state index contributed by atoms with van der Waals surface area (Å²) < 4.78 is 0. The van der Waals surface area contributed by atoms with Crippen molar-refractivity contribution in [2.45, 2.75) is 0 Å². The maximum Gasteiger partial charge on any atom is 0.104 e. The zero-order valence-corrected chi connectivity index (χ0v) is 6.54. The molecule has 1 aromatic rings. The second kappa shape index (κ2) is 4.23. The molecule has 0 aromatic heterocycles. The highest BCUT2D eigenvalue weighted by Gasteiger charge is 1.92. The standard InChI is InChI=1S/C11H8O/c1-2-10-6-3-4-7-11(10)8-5-9-12/h1,3-4,6-7,12H,9H2. The van der Waals surface area contributed by atoms with Gasteiger partial charge < -0.3 is 5.11 Å². The van der Waals surface area contributed by atoms with E-state index >= 15 is 0 Å². The molecule has 0 fully saturated rings. The average molecular weight is 156 g/mol. The molecule has 58 valence electrons. The van der Waals surface area contributed by atoms with E-state index in [2.05, 4.69) is 17.8 Å². The van der Waals surface area contributed by atoms with Crippen LogP contribution in [0.25, 0.3) is 0 Å². The molecule has 0 atom stereocenters. The maximum absolute atomic E-state index is 8.47. The summed E-state index contributed by atoms with van der Waals surface area (Å²) in [4.78, 5) is 0. The third-order valence-corrected chi connectivity index (χ3v) is 1.38. The number of terminal acetylenes is 1. The van der Waals surface area contributed by atoms with E-state index in [4.69, 9.17) is 11.5 Å². The Morgan fingerprint density at radius 1 is 1.25 bits per heavy atom. The van der Waals surface area contributed by atoms with Crippen LogP contribution in [-0.2, 0) is 0 Å². The Kier molecular flexibility index (Phi) is 2.96. The molecule has 0 amide bonds. The Bertz CT molecular complexity index is 361. The Hall–Kier alpha value is -1.70. The Morgan fingerprint density at radius 2 is 1.92 bits per heavy atom. The van der Waals surface area contributed by atoms with Crippen molar-refractivity contribution >= 4 is 0 Å². The van der Waals surface area contributed by atoms with E-state index in [1.54, 1.807) is 0 Å². The number of aliphatic hydroxyl groups is 1. The summed E-state index contributed by atoms with van der Waals surface area (Å²) in [6.45, 7) is -0.140. The number of hydrogen-bond donors (Lipinski definition) is 1. The van der Waals surface area contributed by atoms with Crippen molar-refractivity contribution in [1.82, 2.24) is 0 Å². The van der Waals surface area contributed by atoms with Gasteiger partial charge in [0.05, 0.1) is 0 Å². The van der Waals surface area contributed by atoms with E-state index in [1.807, 2.05) is 24.3 Å². The number of hydrogen-bond acceptors (Lipinski definition) is 1. The monoisotopic (exact) mass is 156 g/mol. The third kappa shape index (κ3) is 1.89. The fourth-order valence-corrected chi connectivity index (χ4v) is 0.853. The van der Waals surface area contributed by atoms with E-state index in [9.17, 15) is 0 Å². The first-order valence-corrected chi connectivity index (χ1v) is 3.54. The van der Waals surface area contributed by atoms with Crippen LogP contribution in [0.5, 0.6) is 0 Å². The smallest absolute Gasteiger partial charge is 0.104 e. The van der Waals surface area contributed by atoms with Gasteiger partial charge in [-0.3, -0.25) is 0 Å². The molecule has 0 unspecified atom stereocenters. The minimum atomic E-state index is -0.140. The number of benzene rings is 1. The SMILES string of the molecule is C#Cc1ccccc1C#CCO. The molecule has 1 N–H and O–H groups in total. The van der Waals surface area contributed by atoms with Crippen molar-refractivity contribution in [3.8, 4) is 24.2 Å². The molecule has 0 heterocycles. The van der Waals surface area contributed by atoms with Gasteiger partial charge in [0.1, 0.15) is 6.61 Å². The zero-order chi connectivity index (χ0) is 8.81. The quantitative estimate of drug-likeness (QED) is 0.556. The first kappa shape index (κ1) is 8.40. The van der Waals surface area contributed by atoms with Gasteiger partial charge in [0.15, 0.2) is 0 Å². The van der Waals surface area contributed by atoms with Crippen molar-refractivity contribution in [2.75, 3.05) is 6.61 Å². The van der Waals surface area contributed by atoms with Crippen LogP contribution in [0.3, 0.4) is 0 Å². The Labute approximate surface area is 72.0 Å². The largest absolute Gasteiger partial charge is 0.384 e. The fourth-order valence-electron chi connectivity index (χ4n) is 0.853. The van der Waals surface area contributed by atoms with Gasteiger partial charge in [0.2, 0.25) is 0 Å². The molecule has 0 saturated heterocycles. The summed E-state index contributed by atoms with van der Waals surface area (Å²) in [5.41, 5.74) is 1.55. The van der Waals surface area contributed by atoms with Crippen LogP contribution in [-0.4, -0.2) is 11.7 Å². The van der Waals surface area contributed by atoms with Crippen molar-refractivity contribution in [1.29, 1.82) is 0 Å². The number of aliphatic hydroxyl groups excluding tert-OH is 1. The lowest BCUT2D eigenvalue weighted by Gasteiger charge is -1.93. The highest BCUT2D eigenvalue weighted by molar-refractivity contribution is 5.49. The maximum atomic E-state index is 8.47. The molecule has 1 nitrogen and oxygen atoms in total. The van der Waals surface area contributed by atoms with Gasteiger partial charge >= 0.3 is 0 Å². The summed E-state index contributed by atoms with van der Waals surface area (Å²) in [5.74, 6) is 7.84. The first-order chi connectivity index (χ1) is 5.88. The highest BCUT2D eigenvalue weighted by Crippen LogP contribution is 2.04. The normalized spacial score (nSPS) is 8.00. The average Bonchev–Trinajstić information content (AvgIpc) is 2.15. The lowest BCUT2D eigenvalue weighted by Crippen LogP contribution is -1.82. The van der Waals surface area contributed by atoms with Crippen LogP contribution in [0.4, 0.5) is 0 Å². The fraction of sp³-hybridized carbons (Fsp3) is 0.0909. The molecule has 0 aliphatic rings. The molecule has 0 aliphatic carbocycles. The molecule has 1 heteroatoms. The van der Waals surface area contributed by atoms with Crippen molar-refractivity contribution in [3.05, 3.63) is 35.4 Å². The molecule has 0 radical (unpaired) electrons. The summed E-state index contributed by atoms with van der Waals surface area (Å²) in [6, 6.07) is 7.38.